The molecule has 4 heteroatoms. The zero-order chi connectivity index (χ0) is 11.3. The third kappa shape index (κ3) is 4.06. The maximum atomic E-state index is 12.2. The molecule has 0 aliphatic rings. The number of carboxylic acid groups (broad SMARTS) is 1. The second-order valence-electron chi connectivity index (χ2n) is 3.26. The zero-order valence-electron chi connectivity index (χ0n) is 8.12. The van der Waals surface area contributed by atoms with E-state index >= 15 is 0 Å². The first kappa shape index (κ1) is 11.6. The van der Waals surface area contributed by atoms with Crippen LogP contribution < -0.4 is 0 Å². The Labute approximate surface area is 86.5 Å². The van der Waals surface area contributed by atoms with Crippen molar-refractivity contribution in [2.45, 2.75) is 25.7 Å². The van der Waals surface area contributed by atoms with E-state index in [-0.39, 0.29) is 12.8 Å². The largest absolute Gasteiger partial charge is 0.481 e. The molecule has 1 aromatic rings. The molecule has 0 saturated carbocycles. The van der Waals surface area contributed by atoms with E-state index < -0.39 is 12.4 Å². The van der Waals surface area contributed by atoms with E-state index in [4.69, 9.17) is 5.11 Å². The van der Waals surface area contributed by atoms with Crippen molar-refractivity contribution in [2.75, 3.05) is 0 Å². The monoisotopic (exact) mass is 214 g/mol. The maximum Gasteiger partial charge on any atom is 0.303 e. The Hall–Kier alpha value is -1.45. The molecule has 0 saturated heterocycles. The first-order valence-electron chi connectivity index (χ1n) is 4.66. The Morgan fingerprint density at radius 2 is 1.87 bits per heavy atom. The van der Waals surface area contributed by atoms with E-state index in [2.05, 4.69) is 0 Å². The quantitative estimate of drug-likeness (QED) is 0.817. The highest BCUT2D eigenvalue weighted by atomic mass is 19.3. The zero-order valence-corrected chi connectivity index (χ0v) is 8.12. The first-order chi connectivity index (χ1) is 7.09. The van der Waals surface area contributed by atoms with E-state index in [9.17, 15) is 13.6 Å². The van der Waals surface area contributed by atoms with E-state index in [0.717, 1.165) is 0 Å². The van der Waals surface area contributed by atoms with Crippen molar-refractivity contribution in [3.63, 3.8) is 0 Å². The lowest BCUT2D eigenvalue weighted by molar-refractivity contribution is -0.136. The van der Waals surface area contributed by atoms with E-state index in [0.29, 0.717) is 17.5 Å². The van der Waals surface area contributed by atoms with Crippen LogP contribution in [0.15, 0.2) is 24.3 Å². The van der Waals surface area contributed by atoms with Crippen LogP contribution in [0.5, 0.6) is 0 Å². The highest BCUT2D eigenvalue weighted by molar-refractivity contribution is 5.67. The van der Waals surface area contributed by atoms with Gasteiger partial charge in [0.05, 0.1) is 0 Å². The summed E-state index contributed by atoms with van der Waals surface area (Å²) in [6.07, 6.45) is -2.43. The number of hydrogen-bond acceptors (Lipinski definition) is 1. The molecule has 82 valence electrons. The SMILES string of the molecule is O=C(O)CCc1ccccc1CC(F)F. The van der Waals surface area contributed by atoms with Crippen molar-refractivity contribution in [3.8, 4) is 0 Å². The smallest absolute Gasteiger partial charge is 0.303 e. The third-order valence-corrected chi connectivity index (χ3v) is 2.10. The van der Waals surface area contributed by atoms with Crippen LogP contribution in [-0.4, -0.2) is 17.5 Å². The van der Waals surface area contributed by atoms with Gasteiger partial charge in [-0.15, -0.1) is 0 Å². The van der Waals surface area contributed by atoms with Gasteiger partial charge >= 0.3 is 5.97 Å². The molecule has 1 N–H and O–H groups in total. The number of benzene rings is 1. The molecule has 1 aromatic carbocycles. The first-order valence-corrected chi connectivity index (χ1v) is 4.66. The molecule has 0 bridgehead atoms. The van der Waals surface area contributed by atoms with Crippen molar-refractivity contribution in [1.29, 1.82) is 0 Å². The number of carbonyl (C=O) groups is 1. The standard InChI is InChI=1S/C11H12F2O2/c12-10(13)7-9-4-2-1-3-8(9)5-6-11(14)15/h1-4,10H,5-7H2,(H,14,15). The Morgan fingerprint density at radius 3 is 2.40 bits per heavy atom. The molecule has 15 heavy (non-hydrogen) atoms. The van der Waals surface area contributed by atoms with Gasteiger partial charge < -0.3 is 5.11 Å². The highest BCUT2D eigenvalue weighted by Crippen LogP contribution is 2.15. The maximum absolute atomic E-state index is 12.2. The molecule has 1 rings (SSSR count). The summed E-state index contributed by atoms with van der Waals surface area (Å²) in [5.74, 6) is -0.915. The minimum absolute atomic E-state index is 0.0275. The number of carboxylic acids is 1. The fourth-order valence-corrected chi connectivity index (χ4v) is 1.41. The number of aliphatic carboxylic acids is 1. The predicted octanol–water partition coefficient (Wildman–Crippen LogP) is 2.51. The van der Waals surface area contributed by atoms with Gasteiger partial charge in [0.2, 0.25) is 6.43 Å². The van der Waals surface area contributed by atoms with Gasteiger partial charge in [0.1, 0.15) is 0 Å². The van der Waals surface area contributed by atoms with E-state index in [1.54, 1.807) is 24.3 Å². The van der Waals surface area contributed by atoms with Crippen molar-refractivity contribution < 1.29 is 18.7 Å². The van der Waals surface area contributed by atoms with Crippen LogP contribution in [0, 0.1) is 0 Å². The lowest BCUT2D eigenvalue weighted by Crippen LogP contribution is -2.04. The van der Waals surface area contributed by atoms with E-state index in [1.165, 1.54) is 0 Å². The normalized spacial score (nSPS) is 10.6. The molecule has 0 radical (unpaired) electrons. The number of hydrogen-bond donors (Lipinski definition) is 1. The Kier molecular flexibility index (Phi) is 4.21. The molecule has 0 spiro atoms. The fraction of sp³-hybridized carbons (Fsp3) is 0.364. The predicted molar refractivity (Wildman–Crippen MR) is 52.1 cm³/mol. The topological polar surface area (TPSA) is 37.3 Å². The van der Waals surface area contributed by atoms with Crippen LogP contribution in [-0.2, 0) is 17.6 Å². The van der Waals surface area contributed by atoms with Crippen molar-refractivity contribution in [1.82, 2.24) is 0 Å². The van der Waals surface area contributed by atoms with Gasteiger partial charge in [-0.25, -0.2) is 8.78 Å². The molecule has 0 atom stereocenters. The fourth-order valence-electron chi connectivity index (χ4n) is 1.41. The number of aryl methyl sites for hydroxylation is 1. The summed E-state index contributed by atoms with van der Waals surface area (Å²) in [7, 11) is 0. The van der Waals surface area contributed by atoms with Gasteiger partial charge in [0.15, 0.2) is 0 Å². The van der Waals surface area contributed by atoms with Crippen LogP contribution in [0.25, 0.3) is 0 Å². The van der Waals surface area contributed by atoms with Gasteiger partial charge in [0.25, 0.3) is 0 Å². The van der Waals surface area contributed by atoms with Gasteiger partial charge in [-0.2, -0.15) is 0 Å². The summed E-state index contributed by atoms with van der Waals surface area (Å²) < 4.78 is 24.4. The number of halogens is 2. The Balaban J connectivity index is 2.72. The van der Waals surface area contributed by atoms with Gasteiger partial charge in [-0.05, 0) is 17.5 Å². The number of rotatable bonds is 5. The minimum Gasteiger partial charge on any atom is -0.481 e. The van der Waals surface area contributed by atoms with Crippen LogP contribution in [0.1, 0.15) is 17.5 Å². The summed E-state index contributed by atoms with van der Waals surface area (Å²) in [6.45, 7) is 0. The lowest BCUT2D eigenvalue weighted by Gasteiger charge is -2.07. The molecule has 0 unspecified atom stereocenters. The van der Waals surface area contributed by atoms with Crippen molar-refractivity contribution >= 4 is 5.97 Å². The Bertz CT molecular complexity index is 337. The number of alkyl halides is 2. The van der Waals surface area contributed by atoms with Crippen LogP contribution in [0.2, 0.25) is 0 Å². The molecular formula is C11H12F2O2. The summed E-state index contributed by atoms with van der Waals surface area (Å²) in [5.41, 5.74) is 1.23. The average Bonchev–Trinajstić information content (AvgIpc) is 2.15. The highest BCUT2D eigenvalue weighted by Gasteiger charge is 2.09. The van der Waals surface area contributed by atoms with Gasteiger partial charge in [-0.3, -0.25) is 4.79 Å². The summed E-state index contributed by atoms with van der Waals surface area (Å²) in [5, 5.41) is 8.50. The second kappa shape index (κ2) is 5.44. The summed E-state index contributed by atoms with van der Waals surface area (Å²) in [4.78, 5) is 10.4. The molecular weight excluding hydrogens is 202 g/mol. The molecule has 0 heterocycles. The van der Waals surface area contributed by atoms with Gasteiger partial charge in [-0.1, -0.05) is 24.3 Å². The minimum atomic E-state index is -2.39. The van der Waals surface area contributed by atoms with Crippen LogP contribution in [0.3, 0.4) is 0 Å². The Morgan fingerprint density at radius 1 is 1.27 bits per heavy atom. The summed E-state index contributed by atoms with van der Waals surface area (Å²) >= 11 is 0. The van der Waals surface area contributed by atoms with Crippen LogP contribution >= 0.6 is 0 Å². The average molecular weight is 214 g/mol. The van der Waals surface area contributed by atoms with Crippen LogP contribution in [0.4, 0.5) is 8.78 Å². The summed E-state index contributed by atoms with van der Waals surface area (Å²) in [6, 6.07) is 6.72. The molecule has 0 aliphatic carbocycles. The molecule has 2 nitrogen and oxygen atoms in total. The molecule has 0 aliphatic heterocycles. The van der Waals surface area contributed by atoms with Crippen molar-refractivity contribution in [3.05, 3.63) is 35.4 Å². The molecule has 0 aromatic heterocycles. The van der Waals surface area contributed by atoms with E-state index in [1.807, 2.05) is 0 Å². The molecule has 0 amide bonds. The van der Waals surface area contributed by atoms with Gasteiger partial charge in [0, 0.05) is 12.8 Å². The lowest BCUT2D eigenvalue weighted by atomic mass is 10.0. The third-order valence-electron chi connectivity index (χ3n) is 2.10. The van der Waals surface area contributed by atoms with Crippen molar-refractivity contribution in [2.24, 2.45) is 0 Å². The second-order valence-corrected chi connectivity index (χ2v) is 3.26. The molecule has 0 fully saturated rings.